The Labute approximate surface area is 241 Å². The summed E-state index contributed by atoms with van der Waals surface area (Å²) in [4.78, 5) is 55.8. The third-order valence-corrected chi connectivity index (χ3v) is 10.3. The second-order valence-corrected chi connectivity index (χ2v) is 13.7. The van der Waals surface area contributed by atoms with Crippen LogP contribution in [0, 0.1) is 28.6 Å². The van der Waals surface area contributed by atoms with Crippen LogP contribution < -0.4 is 0 Å². The summed E-state index contributed by atoms with van der Waals surface area (Å²) >= 11 is 0. The smallest absolute Gasteiger partial charge is 0.206 e. The van der Waals surface area contributed by atoms with Crippen molar-refractivity contribution in [3.8, 4) is 16.9 Å². The van der Waals surface area contributed by atoms with Gasteiger partial charge in [0.1, 0.15) is 5.75 Å². The number of Topliss-reactive ketones (excluding diaryl/α,β-unsaturated/α-hetero) is 4. The first-order chi connectivity index (χ1) is 19.0. The van der Waals surface area contributed by atoms with Crippen molar-refractivity contribution >= 4 is 23.1 Å². The number of aromatic hydroxyl groups is 1. The topological polar surface area (TPSA) is 109 Å². The zero-order valence-electron chi connectivity index (χ0n) is 25.2. The van der Waals surface area contributed by atoms with Crippen molar-refractivity contribution in [2.75, 3.05) is 0 Å². The molecule has 3 aliphatic carbocycles. The molecule has 0 aromatic heterocycles. The number of fused-ring (bicyclic) bond motifs is 3. The lowest BCUT2D eigenvalue weighted by Crippen LogP contribution is -2.73. The molecule has 2 aromatic rings. The zero-order chi connectivity index (χ0) is 30.4. The first-order valence-electron chi connectivity index (χ1n) is 14.5. The van der Waals surface area contributed by atoms with Crippen molar-refractivity contribution in [2.24, 2.45) is 28.6 Å². The number of rotatable bonds is 4. The van der Waals surface area contributed by atoms with E-state index in [2.05, 4.69) is 0 Å². The molecule has 2 N–H and O–H groups in total. The van der Waals surface area contributed by atoms with E-state index >= 15 is 0 Å². The van der Waals surface area contributed by atoms with E-state index in [0.29, 0.717) is 17.6 Å². The summed E-state index contributed by atoms with van der Waals surface area (Å²) in [5, 5.41) is 23.9. The minimum absolute atomic E-state index is 0.0366. The van der Waals surface area contributed by atoms with Gasteiger partial charge in [0.25, 0.3) is 0 Å². The molecule has 216 valence electrons. The van der Waals surface area contributed by atoms with Crippen molar-refractivity contribution in [3.63, 3.8) is 0 Å². The summed E-state index contributed by atoms with van der Waals surface area (Å²) in [7, 11) is 0. The molecule has 0 bridgehead atoms. The third kappa shape index (κ3) is 3.72. The molecule has 0 heterocycles. The van der Waals surface area contributed by atoms with Gasteiger partial charge in [-0.1, -0.05) is 77.4 Å². The first kappa shape index (κ1) is 29.1. The Morgan fingerprint density at radius 3 is 2.17 bits per heavy atom. The van der Waals surface area contributed by atoms with Crippen LogP contribution in [0.25, 0.3) is 11.1 Å². The Morgan fingerprint density at radius 2 is 1.63 bits per heavy atom. The van der Waals surface area contributed by atoms with Crippen LogP contribution in [-0.4, -0.2) is 38.9 Å². The second-order valence-electron chi connectivity index (χ2n) is 13.7. The minimum Gasteiger partial charge on any atom is -0.507 e. The summed E-state index contributed by atoms with van der Waals surface area (Å²) in [5.41, 5.74) is -1.22. The molecule has 41 heavy (non-hydrogen) atoms. The van der Waals surface area contributed by atoms with Crippen LogP contribution in [0.5, 0.6) is 5.75 Å². The van der Waals surface area contributed by atoms with Gasteiger partial charge in [-0.05, 0) is 72.6 Å². The molecule has 2 aromatic carbocycles. The molecular weight excluding hydrogens is 516 g/mol. The highest BCUT2D eigenvalue weighted by molar-refractivity contribution is 6.33. The van der Waals surface area contributed by atoms with Crippen molar-refractivity contribution in [1.82, 2.24) is 0 Å². The number of phenolic OH excluding ortho intramolecular Hbond substituents is 1. The molecule has 0 amide bonds. The standard InChI is InChI=1S/C35H40O6/c1-17(2)22-14-23(21-12-10-9-11-13-21)29(37)26-24(22)15-33(7)16-34(8)27(18(3)4)19(5)25(20(6)36)31(39)35(34,41)32(40)28(33)30(26)38/h9-14,17-18,27-28,37,41H,15-16H2,1-8H3/t27-,28?,33+,34+,35-/m1/s1. The maximum atomic E-state index is 14.6. The molecule has 1 saturated carbocycles. The highest BCUT2D eigenvalue weighted by Gasteiger charge is 2.73. The van der Waals surface area contributed by atoms with Gasteiger partial charge in [-0.3, -0.25) is 19.2 Å². The van der Waals surface area contributed by atoms with E-state index in [0.717, 1.165) is 16.7 Å². The van der Waals surface area contributed by atoms with Gasteiger partial charge in [0.2, 0.25) is 5.78 Å². The van der Waals surface area contributed by atoms with Crippen molar-refractivity contribution in [1.29, 1.82) is 0 Å². The van der Waals surface area contributed by atoms with Gasteiger partial charge in [-0.25, -0.2) is 0 Å². The second kappa shape index (κ2) is 9.32. The normalized spacial score (nSPS) is 31.3. The lowest BCUT2D eigenvalue weighted by molar-refractivity contribution is -0.192. The fraction of sp³-hybridized carbons (Fsp3) is 0.486. The van der Waals surface area contributed by atoms with E-state index in [4.69, 9.17) is 0 Å². The van der Waals surface area contributed by atoms with Gasteiger partial charge in [0.15, 0.2) is 23.0 Å². The van der Waals surface area contributed by atoms with Gasteiger partial charge in [0.05, 0.1) is 17.1 Å². The molecule has 0 radical (unpaired) electrons. The fourth-order valence-corrected chi connectivity index (χ4v) is 8.94. The summed E-state index contributed by atoms with van der Waals surface area (Å²) in [6.45, 7) is 14.7. The molecular formula is C35H40O6. The number of hydrogen-bond acceptors (Lipinski definition) is 6. The third-order valence-electron chi connectivity index (χ3n) is 10.3. The minimum atomic E-state index is -2.53. The number of benzene rings is 2. The van der Waals surface area contributed by atoms with Gasteiger partial charge >= 0.3 is 0 Å². The molecule has 0 spiro atoms. The largest absolute Gasteiger partial charge is 0.507 e. The summed E-state index contributed by atoms with van der Waals surface area (Å²) in [6, 6.07) is 11.2. The van der Waals surface area contributed by atoms with Gasteiger partial charge in [-0.2, -0.15) is 0 Å². The lowest BCUT2D eigenvalue weighted by atomic mass is 9.40. The van der Waals surface area contributed by atoms with Crippen LogP contribution in [0.15, 0.2) is 47.5 Å². The Balaban J connectivity index is 1.78. The van der Waals surface area contributed by atoms with Crippen molar-refractivity contribution < 1.29 is 29.4 Å². The number of aliphatic hydroxyl groups is 1. The average molecular weight is 557 g/mol. The maximum Gasteiger partial charge on any atom is 0.206 e. The van der Waals surface area contributed by atoms with Gasteiger partial charge < -0.3 is 10.2 Å². The molecule has 6 heteroatoms. The van der Waals surface area contributed by atoms with Crippen molar-refractivity contribution in [3.05, 3.63) is 64.2 Å². The summed E-state index contributed by atoms with van der Waals surface area (Å²) in [5.74, 6) is -4.84. The number of carbonyl (C=O) groups excluding carboxylic acids is 4. The van der Waals surface area contributed by atoms with Crippen LogP contribution in [0.4, 0.5) is 0 Å². The molecule has 0 saturated heterocycles. The summed E-state index contributed by atoms with van der Waals surface area (Å²) < 4.78 is 0. The molecule has 1 fully saturated rings. The Hall–Kier alpha value is -3.38. The maximum absolute atomic E-state index is 14.6. The van der Waals surface area contributed by atoms with Crippen LogP contribution >= 0.6 is 0 Å². The fourth-order valence-electron chi connectivity index (χ4n) is 8.94. The van der Waals surface area contributed by atoms with E-state index in [9.17, 15) is 29.4 Å². The van der Waals surface area contributed by atoms with Crippen molar-refractivity contribution in [2.45, 2.75) is 79.8 Å². The number of phenols is 1. The lowest BCUT2D eigenvalue weighted by Gasteiger charge is -2.62. The van der Waals surface area contributed by atoms with Crippen LogP contribution in [0.2, 0.25) is 0 Å². The van der Waals surface area contributed by atoms with E-state index in [1.54, 1.807) is 13.8 Å². The molecule has 5 atom stereocenters. The number of allylic oxidation sites excluding steroid dienone is 1. The highest BCUT2D eigenvalue weighted by atomic mass is 16.3. The number of ketones is 4. The van der Waals surface area contributed by atoms with Crippen LogP contribution in [0.3, 0.4) is 0 Å². The number of hydrogen-bond donors (Lipinski definition) is 2. The SMILES string of the molecule is CC(=O)C1=C(C)[C@@H](C(C)C)[C@]2(C)C[C@]3(C)Cc4c(C(C)C)cc(-c5ccccc5)c(O)c4C(=O)C3C(=O)[C@]2(O)C1=O. The molecule has 5 rings (SSSR count). The molecule has 1 unspecified atom stereocenters. The Bertz CT molecular complexity index is 1550. The van der Waals surface area contributed by atoms with Gasteiger partial charge in [0, 0.05) is 11.0 Å². The van der Waals surface area contributed by atoms with E-state index in [-0.39, 0.29) is 35.1 Å². The predicted molar refractivity (Wildman–Crippen MR) is 157 cm³/mol. The van der Waals surface area contributed by atoms with Crippen LogP contribution in [-0.2, 0) is 20.8 Å². The number of carbonyl (C=O) groups is 4. The first-order valence-corrected chi connectivity index (χ1v) is 14.5. The van der Waals surface area contributed by atoms with Gasteiger partial charge in [-0.15, -0.1) is 0 Å². The molecule has 6 nitrogen and oxygen atoms in total. The summed E-state index contributed by atoms with van der Waals surface area (Å²) in [6.07, 6.45) is 0.571. The molecule has 0 aliphatic heterocycles. The zero-order valence-corrected chi connectivity index (χ0v) is 25.2. The highest BCUT2D eigenvalue weighted by Crippen LogP contribution is 2.65. The quantitative estimate of drug-likeness (QED) is 0.352. The van der Waals surface area contributed by atoms with Crippen LogP contribution in [0.1, 0.15) is 89.2 Å². The monoisotopic (exact) mass is 556 g/mol. The predicted octanol–water partition coefficient (Wildman–Crippen LogP) is 6.01. The molecule has 3 aliphatic rings. The Morgan fingerprint density at radius 1 is 1.02 bits per heavy atom. The average Bonchev–Trinajstić information content (AvgIpc) is 2.86. The van der Waals surface area contributed by atoms with E-state index < -0.39 is 51.4 Å². The Kier molecular flexibility index (Phi) is 6.62. The van der Waals surface area contributed by atoms with E-state index in [1.807, 2.05) is 71.0 Å². The van der Waals surface area contributed by atoms with E-state index in [1.165, 1.54) is 6.92 Å².